The number of fused-ring (bicyclic) bond motifs is 3. The molecule has 3 heteroatoms. The topological polar surface area (TPSA) is 38.7 Å². The Balaban J connectivity index is 1.16. The zero-order valence-electron chi connectivity index (χ0n) is 31.9. The van der Waals surface area contributed by atoms with Crippen LogP contribution < -0.4 is 0 Å². The van der Waals surface area contributed by atoms with Crippen LogP contribution in [0.5, 0.6) is 0 Å². The van der Waals surface area contributed by atoms with E-state index in [2.05, 4.69) is 153 Å². The lowest BCUT2D eigenvalue weighted by molar-refractivity contribution is 0.767. The summed E-state index contributed by atoms with van der Waals surface area (Å²) in [6.45, 7) is 4.32. The zero-order valence-corrected chi connectivity index (χ0v) is 31.9. The first-order chi connectivity index (χ1) is 28.1. The molecule has 1 heterocycles. The molecule has 0 bridgehead atoms. The maximum Gasteiger partial charge on any atom is 0.164 e. The summed E-state index contributed by atoms with van der Waals surface area (Å²) in [7, 11) is 0. The van der Waals surface area contributed by atoms with Gasteiger partial charge in [-0.3, -0.25) is 0 Å². The van der Waals surface area contributed by atoms with Gasteiger partial charge in [0.1, 0.15) is 0 Å². The molecule has 0 saturated heterocycles. The van der Waals surface area contributed by atoms with E-state index >= 15 is 0 Å². The van der Waals surface area contributed by atoms with E-state index in [0.29, 0.717) is 17.5 Å². The zero-order chi connectivity index (χ0) is 38.3. The average Bonchev–Trinajstić information content (AvgIpc) is 3.58. The van der Waals surface area contributed by atoms with Crippen molar-refractivity contribution in [3.63, 3.8) is 0 Å². The van der Waals surface area contributed by atoms with Crippen molar-refractivity contribution in [3.8, 4) is 67.5 Å². The average molecular weight is 730 g/mol. The minimum absolute atomic E-state index is 0.482. The fourth-order valence-corrected chi connectivity index (χ4v) is 8.68. The Hall–Kier alpha value is -7.23. The second kappa shape index (κ2) is 14.1. The van der Waals surface area contributed by atoms with Crippen LogP contribution in [0, 0.1) is 13.8 Å². The van der Waals surface area contributed by atoms with Gasteiger partial charge in [-0.25, -0.2) is 15.0 Å². The molecule has 0 spiro atoms. The van der Waals surface area contributed by atoms with Gasteiger partial charge in [-0.1, -0.05) is 205 Å². The number of rotatable bonds is 7. The van der Waals surface area contributed by atoms with Crippen molar-refractivity contribution in [1.82, 2.24) is 15.0 Å². The van der Waals surface area contributed by atoms with Gasteiger partial charge in [-0.15, -0.1) is 0 Å². The summed E-state index contributed by atoms with van der Waals surface area (Å²) < 4.78 is 0. The molecule has 0 saturated carbocycles. The van der Waals surface area contributed by atoms with Crippen LogP contribution in [-0.4, -0.2) is 15.0 Å². The molecule has 0 amide bonds. The summed E-state index contributed by atoms with van der Waals surface area (Å²) in [6, 6.07) is 71.8. The summed E-state index contributed by atoms with van der Waals surface area (Å²) >= 11 is 0. The van der Waals surface area contributed by atoms with Crippen LogP contribution >= 0.6 is 0 Å². The maximum atomic E-state index is 5.05. The predicted molar refractivity (Wildman–Crippen MR) is 234 cm³/mol. The van der Waals surface area contributed by atoms with E-state index in [1.807, 2.05) is 60.7 Å². The SMILES string of the molecule is Cc1ccc(C2(c3ccc(C)cc3)c3ccccc3-c3c(-c4ccccc4-c4cccc(-c5nc(-c6ccccc6)nc(-c6ccccc6)n5)c4)cccc32)cc1. The lowest BCUT2D eigenvalue weighted by atomic mass is 9.67. The molecule has 57 heavy (non-hydrogen) atoms. The second-order valence-electron chi connectivity index (χ2n) is 14.9. The Bertz CT molecular complexity index is 2790. The molecular formula is C54H39N3. The molecule has 0 N–H and O–H groups in total. The number of nitrogens with zero attached hydrogens (tertiary/aromatic N) is 3. The molecule has 0 radical (unpaired) electrons. The molecule has 1 aromatic heterocycles. The summed E-state index contributed by atoms with van der Waals surface area (Å²) in [5.41, 5.74) is 17.1. The first kappa shape index (κ1) is 34.3. The summed E-state index contributed by atoms with van der Waals surface area (Å²) in [5.74, 6) is 1.93. The Kier molecular flexibility index (Phi) is 8.49. The van der Waals surface area contributed by atoms with E-state index in [0.717, 1.165) is 27.8 Å². The van der Waals surface area contributed by atoms with Crippen LogP contribution in [0.15, 0.2) is 200 Å². The van der Waals surface area contributed by atoms with Crippen LogP contribution in [0.2, 0.25) is 0 Å². The van der Waals surface area contributed by atoms with Gasteiger partial charge in [-0.2, -0.15) is 0 Å². The molecule has 8 aromatic carbocycles. The van der Waals surface area contributed by atoms with Crippen LogP contribution in [0.25, 0.3) is 67.5 Å². The van der Waals surface area contributed by atoms with E-state index < -0.39 is 5.41 Å². The number of aryl methyl sites for hydroxylation is 2. The first-order valence-corrected chi connectivity index (χ1v) is 19.5. The minimum atomic E-state index is -0.482. The molecule has 0 aliphatic heterocycles. The largest absolute Gasteiger partial charge is 0.208 e. The van der Waals surface area contributed by atoms with Crippen LogP contribution in [-0.2, 0) is 5.41 Å². The molecule has 9 aromatic rings. The highest BCUT2D eigenvalue weighted by Gasteiger charge is 2.46. The highest BCUT2D eigenvalue weighted by atomic mass is 15.0. The molecular weight excluding hydrogens is 691 g/mol. The van der Waals surface area contributed by atoms with Crippen molar-refractivity contribution in [2.24, 2.45) is 0 Å². The molecule has 270 valence electrons. The monoisotopic (exact) mass is 729 g/mol. The van der Waals surface area contributed by atoms with Gasteiger partial charge in [0.2, 0.25) is 0 Å². The van der Waals surface area contributed by atoms with Gasteiger partial charge < -0.3 is 0 Å². The third-order valence-corrected chi connectivity index (χ3v) is 11.4. The van der Waals surface area contributed by atoms with Crippen molar-refractivity contribution < 1.29 is 0 Å². The van der Waals surface area contributed by atoms with Gasteiger partial charge in [-0.05, 0) is 75.5 Å². The van der Waals surface area contributed by atoms with E-state index in [1.54, 1.807) is 0 Å². The second-order valence-corrected chi connectivity index (χ2v) is 14.9. The third kappa shape index (κ3) is 5.87. The smallest absolute Gasteiger partial charge is 0.164 e. The van der Waals surface area contributed by atoms with E-state index in [1.165, 1.54) is 55.6 Å². The van der Waals surface area contributed by atoms with Crippen molar-refractivity contribution >= 4 is 0 Å². The van der Waals surface area contributed by atoms with Crippen LogP contribution in [0.4, 0.5) is 0 Å². The highest BCUT2D eigenvalue weighted by molar-refractivity contribution is 5.99. The third-order valence-electron chi connectivity index (χ3n) is 11.4. The van der Waals surface area contributed by atoms with Crippen LogP contribution in [0.3, 0.4) is 0 Å². The molecule has 0 fully saturated rings. The standard InChI is InChI=1S/C54H39N3/c1-36-27-31-42(32-28-36)54(43-33-29-37(2)30-34-43)48-25-12-11-23-47(48)50-46(24-14-26-49(50)54)45-22-10-9-21-44(45)40-19-13-20-41(35-40)53-56-51(38-15-5-3-6-16-38)55-52(57-53)39-17-7-4-8-18-39/h3-35H,1-2H3. The lowest BCUT2D eigenvalue weighted by Crippen LogP contribution is -2.28. The Morgan fingerprint density at radius 3 is 1.33 bits per heavy atom. The molecule has 1 aliphatic rings. The van der Waals surface area contributed by atoms with Crippen molar-refractivity contribution in [3.05, 3.63) is 234 Å². The van der Waals surface area contributed by atoms with Gasteiger partial charge in [0, 0.05) is 16.7 Å². The predicted octanol–water partition coefficient (Wildman–Crippen LogP) is 13.2. The molecule has 0 atom stereocenters. The summed E-state index contributed by atoms with van der Waals surface area (Å²) in [5, 5.41) is 0. The van der Waals surface area contributed by atoms with E-state index in [-0.39, 0.29) is 0 Å². The maximum absolute atomic E-state index is 5.05. The van der Waals surface area contributed by atoms with Crippen molar-refractivity contribution in [2.45, 2.75) is 19.3 Å². The number of aromatic nitrogens is 3. The Labute approximate surface area is 334 Å². The first-order valence-electron chi connectivity index (χ1n) is 19.5. The minimum Gasteiger partial charge on any atom is -0.208 e. The van der Waals surface area contributed by atoms with Gasteiger partial charge in [0.05, 0.1) is 5.41 Å². The fraction of sp³-hybridized carbons (Fsp3) is 0.0556. The summed E-state index contributed by atoms with van der Waals surface area (Å²) in [4.78, 5) is 15.0. The molecule has 0 unspecified atom stereocenters. The quantitative estimate of drug-likeness (QED) is 0.164. The molecule has 10 rings (SSSR count). The Morgan fingerprint density at radius 2 is 0.737 bits per heavy atom. The van der Waals surface area contributed by atoms with Gasteiger partial charge in [0.15, 0.2) is 17.5 Å². The van der Waals surface area contributed by atoms with Crippen molar-refractivity contribution in [1.29, 1.82) is 0 Å². The normalized spacial score (nSPS) is 12.5. The summed E-state index contributed by atoms with van der Waals surface area (Å²) in [6.07, 6.45) is 0. The Morgan fingerprint density at radius 1 is 0.316 bits per heavy atom. The van der Waals surface area contributed by atoms with Gasteiger partial charge in [0.25, 0.3) is 0 Å². The van der Waals surface area contributed by atoms with E-state index in [9.17, 15) is 0 Å². The lowest BCUT2D eigenvalue weighted by Gasteiger charge is -2.34. The van der Waals surface area contributed by atoms with E-state index in [4.69, 9.17) is 15.0 Å². The molecule has 3 nitrogen and oxygen atoms in total. The van der Waals surface area contributed by atoms with Gasteiger partial charge >= 0.3 is 0 Å². The number of hydrogen-bond acceptors (Lipinski definition) is 3. The number of hydrogen-bond donors (Lipinski definition) is 0. The highest BCUT2D eigenvalue weighted by Crippen LogP contribution is 2.58. The van der Waals surface area contributed by atoms with Crippen LogP contribution in [0.1, 0.15) is 33.4 Å². The number of benzene rings is 8. The fourth-order valence-electron chi connectivity index (χ4n) is 8.68. The van der Waals surface area contributed by atoms with Crippen molar-refractivity contribution in [2.75, 3.05) is 0 Å². The molecule has 1 aliphatic carbocycles.